The van der Waals surface area contributed by atoms with Gasteiger partial charge in [0.25, 0.3) is 15.8 Å². The summed E-state index contributed by atoms with van der Waals surface area (Å²) in [5.41, 5.74) is -0.0904. The van der Waals surface area contributed by atoms with E-state index in [1.54, 1.807) is 27.2 Å². The molecule has 0 unspecified atom stereocenters. The summed E-state index contributed by atoms with van der Waals surface area (Å²) in [5.74, 6) is 2.15. The van der Waals surface area contributed by atoms with E-state index in [-0.39, 0.29) is 5.82 Å². The average Bonchev–Trinajstić information content (AvgIpc) is 3.40. The third kappa shape index (κ3) is 6.84. The van der Waals surface area contributed by atoms with E-state index >= 15 is 0 Å². The second-order valence-corrected chi connectivity index (χ2v) is 11.4. The second-order valence-electron chi connectivity index (χ2n) is 9.23. The Hall–Kier alpha value is -3.72. The maximum Gasteiger partial charge on any atom is 0.329 e. The van der Waals surface area contributed by atoms with Crippen LogP contribution in [0, 0.1) is 0 Å². The van der Waals surface area contributed by atoms with Crippen LogP contribution in [0.1, 0.15) is 5.76 Å². The maximum absolute atomic E-state index is 12.2. The number of anilines is 1. The predicted molar refractivity (Wildman–Crippen MR) is 149 cm³/mol. The van der Waals surface area contributed by atoms with Crippen LogP contribution in [-0.4, -0.2) is 98.2 Å². The van der Waals surface area contributed by atoms with Crippen molar-refractivity contribution in [2.24, 2.45) is 12.1 Å². The van der Waals surface area contributed by atoms with Crippen LogP contribution in [0.5, 0.6) is 5.75 Å². The second kappa shape index (κ2) is 12.0. The highest BCUT2D eigenvalue weighted by atomic mass is 32.2. The Morgan fingerprint density at radius 3 is 2.38 bits per heavy atom. The minimum absolute atomic E-state index is 0.265. The molecule has 4 rings (SSSR count). The van der Waals surface area contributed by atoms with Crippen LogP contribution in [0.4, 0.5) is 5.82 Å². The molecule has 0 saturated carbocycles. The average molecular weight is 560 g/mol. The van der Waals surface area contributed by atoms with Crippen molar-refractivity contribution in [3.63, 3.8) is 0 Å². The highest BCUT2D eigenvalue weighted by molar-refractivity contribution is 7.86. The van der Waals surface area contributed by atoms with E-state index in [1.807, 2.05) is 30.3 Å². The van der Waals surface area contributed by atoms with Gasteiger partial charge in [-0.3, -0.25) is 24.3 Å². The van der Waals surface area contributed by atoms with Crippen molar-refractivity contribution in [3.05, 3.63) is 69.1 Å². The summed E-state index contributed by atoms with van der Waals surface area (Å²) in [6.45, 7) is 3.46. The zero-order chi connectivity index (χ0) is 28.2. The number of rotatable bonds is 10. The van der Waals surface area contributed by atoms with E-state index in [0.29, 0.717) is 50.9 Å². The Labute approximate surface area is 226 Å². The summed E-state index contributed by atoms with van der Waals surface area (Å²) in [7, 11) is 2.73. The third-order valence-corrected chi connectivity index (χ3v) is 8.34. The van der Waals surface area contributed by atoms with Crippen LogP contribution in [0.25, 0.3) is 11.3 Å². The molecule has 1 aliphatic heterocycles. The number of piperazine rings is 1. The fraction of sp³-hybridized carbons (Fsp3) is 0.400. The summed E-state index contributed by atoms with van der Waals surface area (Å²) in [5, 5.41) is 5.61. The van der Waals surface area contributed by atoms with Crippen molar-refractivity contribution < 1.29 is 17.6 Å². The molecule has 13 nitrogen and oxygen atoms in total. The SMILES string of the molecule is CN(N=Cc1ccc(-c2ccc(OCCN3CCN(S(=O)(=O)N(C)C)CC3)cc2)o1)c1cc(=O)n(C)c(=O)[nH]1. The fourth-order valence-corrected chi connectivity index (χ4v) is 5.01. The van der Waals surface area contributed by atoms with E-state index in [9.17, 15) is 18.0 Å². The molecule has 1 saturated heterocycles. The van der Waals surface area contributed by atoms with Gasteiger partial charge in [-0.25, -0.2) is 4.79 Å². The number of benzene rings is 1. The lowest BCUT2D eigenvalue weighted by molar-refractivity contribution is 0.156. The molecule has 0 atom stereocenters. The molecule has 14 heteroatoms. The maximum atomic E-state index is 12.2. The Kier molecular flexibility index (Phi) is 8.70. The van der Waals surface area contributed by atoms with Gasteiger partial charge in [-0.15, -0.1) is 0 Å². The molecule has 1 aliphatic rings. The van der Waals surface area contributed by atoms with Crippen molar-refractivity contribution in [1.29, 1.82) is 0 Å². The summed E-state index contributed by atoms with van der Waals surface area (Å²) in [6, 6.07) is 12.4. The van der Waals surface area contributed by atoms with Crippen LogP contribution in [0.3, 0.4) is 0 Å². The monoisotopic (exact) mass is 559 g/mol. The topological polar surface area (TPSA) is 137 Å². The van der Waals surface area contributed by atoms with Crippen molar-refractivity contribution >= 4 is 22.2 Å². The zero-order valence-corrected chi connectivity index (χ0v) is 23.2. The molecule has 2 aromatic heterocycles. The molecule has 1 aromatic carbocycles. The van der Waals surface area contributed by atoms with Crippen LogP contribution in [-0.2, 0) is 17.3 Å². The van der Waals surface area contributed by atoms with E-state index in [4.69, 9.17) is 9.15 Å². The molecule has 3 heterocycles. The van der Waals surface area contributed by atoms with Gasteiger partial charge in [0.2, 0.25) is 0 Å². The first-order valence-corrected chi connectivity index (χ1v) is 13.8. The number of ether oxygens (including phenoxy) is 1. The zero-order valence-electron chi connectivity index (χ0n) is 22.4. The summed E-state index contributed by atoms with van der Waals surface area (Å²) in [4.78, 5) is 28.4. The molecule has 1 N–H and O–H groups in total. The molecule has 0 spiro atoms. The lowest BCUT2D eigenvalue weighted by atomic mass is 10.2. The molecule has 0 radical (unpaired) electrons. The van der Waals surface area contributed by atoms with Crippen molar-refractivity contribution in [2.75, 3.05) is 65.5 Å². The van der Waals surface area contributed by atoms with Crippen LogP contribution >= 0.6 is 0 Å². The summed E-state index contributed by atoms with van der Waals surface area (Å²) >= 11 is 0. The van der Waals surface area contributed by atoms with Crippen LogP contribution in [0.15, 0.2) is 61.6 Å². The Morgan fingerprint density at radius 1 is 1.05 bits per heavy atom. The van der Waals surface area contributed by atoms with Crippen molar-refractivity contribution in [2.45, 2.75) is 0 Å². The smallest absolute Gasteiger partial charge is 0.329 e. The minimum atomic E-state index is -3.37. The van der Waals surface area contributed by atoms with Gasteiger partial charge in [0, 0.05) is 72.5 Å². The molecule has 0 bridgehead atoms. The van der Waals surface area contributed by atoms with Crippen molar-refractivity contribution in [3.8, 4) is 17.1 Å². The molecule has 39 heavy (non-hydrogen) atoms. The van der Waals surface area contributed by atoms with Gasteiger partial charge < -0.3 is 9.15 Å². The fourth-order valence-electron chi connectivity index (χ4n) is 3.92. The Morgan fingerprint density at radius 2 is 1.74 bits per heavy atom. The normalized spacial score (nSPS) is 15.3. The molecule has 1 fully saturated rings. The molecule has 210 valence electrons. The number of aromatic nitrogens is 2. The first-order chi connectivity index (χ1) is 18.5. The number of H-pyrrole nitrogens is 1. The lowest BCUT2D eigenvalue weighted by Gasteiger charge is -2.34. The van der Waals surface area contributed by atoms with Gasteiger partial charge in [0.05, 0.1) is 6.21 Å². The van der Waals surface area contributed by atoms with Gasteiger partial charge in [0.15, 0.2) is 0 Å². The number of nitrogens with one attached hydrogen (secondary N) is 1. The quantitative estimate of drug-likeness (QED) is 0.282. The molecular weight excluding hydrogens is 526 g/mol. The first kappa shape index (κ1) is 28.3. The highest BCUT2D eigenvalue weighted by Gasteiger charge is 2.28. The number of hydrogen-bond donors (Lipinski definition) is 1. The van der Waals surface area contributed by atoms with Gasteiger partial charge in [-0.2, -0.15) is 22.1 Å². The van der Waals surface area contributed by atoms with E-state index < -0.39 is 21.5 Å². The largest absolute Gasteiger partial charge is 0.492 e. The molecule has 3 aromatic rings. The lowest BCUT2D eigenvalue weighted by Crippen LogP contribution is -2.52. The van der Waals surface area contributed by atoms with Crippen LogP contribution in [0.2, 0.25) is 0 Å². The Bertz CT molecular complexity index is 1490. The summed E-state index contributed by atoms with van der Waals surface area (Å²) in [6.07, 6.45) is 1.49. The van der Waals surface area contributed by atoms with Gasteiger partial charge >= 0.3 is 5.69 Å². The predicted octanol–water partition coefficient (Wildman–Crippen LogP) is 0.607. The van der Waals surface area contributed by atoms with Crippen LogP contribution < -0.4 is 21.0 Å². The van der Waals surface area contributed by atoms with E-state index in [2.05, 4.69) is 15.0 Å². The number of hydrogen-bond acceptors (Lipinski definition) is 9. The van der Waals surface area contributed by atoms with E-state index in [0.717, 1.165) is 15.9 Å². The van der Waals surface area contributed by atoms with E-state index in [1.165, 1.54) is 32.9 Å². The minimum Gasteiger partial charge on any atom is -0.492 e. The Balaban J connectivity index is 1.26. The first-order valence-electron chi connectivity index (χ1n) is 12.4. The number of aromatic amines is 1. The van der Waals surface area contributed by atoms with Gasteiger partial charge in [-0.05, 0) is 36.4 Å². The van der Waals surface area contributed by atoms with Crippen molar-refractivity contribution in [1.82, 2.24) is 23.1 Å². The number of furan rings is 1. The summed E-state index contributed by atoms with van der Waals surface area (Å²) < 4.78 is 39.9. The van der Waals surface area contributed by atoms with Gasteiger partial charge in [0.1, 0.15) is 29.7 Å². The third-order valence-electron chi connectivity index (χ3n) is 6.40. The molecular formula is C25H33N7O6S. The number of hydrazone groups is 1. The number of nitrogens with zero attached hydrogens (tertiary/aromatic N) is 6. The van der Waals surface area contributed by atoms with Gasteiger partial charge in [-0.1, -0.05) is 0 Å². The standard InChI is InChI=1S/C25H33N7O6S/c1-28(2)39(35,36)32-13-11-31(12-14-32)15-16-37-20-7-5-19(6-8-20)22-10-9-21(38-22)18-26-30(4)23-17-24(33)29(3)25(34)27-23/h5-10,17-18H,11-16H2,1-4H3,(H,27,34). The highest BCUT2D eigenvalue weighted by Crippen LogP contribution is 2.24. The molecule has 0 amide bonds. The molecule has 0 aliphatic carbocycles.